The molecule has 0 aliphatic heterocycles. The molecule has 7 nitrogen and oxygen atoms in total. The number of carbonyl (C=O) groups excluding carboxylic acids is 2. The molecular weight excluding hydrogens is 387 g/mol. The molecule has 0 spiro atoms. The van der Waals surface area contributed by atoms with Crippen LogP contribution < -0.4 is 5.32 Å². The van der Waals surface area contributed by atoms with Crippen LogP contribution in [0.3, 0.4) is 0 Å². The average molecular weight is 408 g/mol. The maximum atomic E-state index is 13.5. The zero-order valence-corrected chi connectivity index (χ0v) is 16.5. The number of benzene rings is 2. The maximum absolute atomic E-state index is 13.5. The van der Waals surface area contributed by atoms with E-state index in [-0.39, 0.29) is 17.0 Å². The second-order valence-electron chi connectivity index (χ2n) is 6.21. The van der Waals surface area contributed by atoms with Crippen molar-refractivity contribution in [3.8, 4) is 0 Å². The molecule has 0 aliphatic carbocycles. The largest absolute Gasteiger partial charge is 0.452 e. The number of ether oxygens (including phenoxy) is 1. The zero-order chi connectivity index (χ0) is 20.9. The van der Waals surface area contributed by atoms with Crippen molar-refractivity contribution in [2.24, 2.45) is 0 Å². The quantitative estimate of drug-likeness (QED) is 0.706. The van der Waals surface area contributed by atoms with Crippen LogP contribution in [0.4, 0.5) is 4.39 Å². The Balaban J connectivity index is 2.01. The summed E-state index contributed by atoms with van der Waals surface area (Å²) in [5, 5.41) is 2.45. The number of hydrogen-bond acceptors (Lipinski definition) is 5. The summed E-state index contributed by atoms with van der Waals surface area (Å²) in [6, 6.07) is 10.1. The summed E-state index contributed by atoms with van der Waals surface area (Å²) >= 11 is 0. The summed E-state index contributed by atoms with van der Waals surface area (Å²) in [5.74, 6) is -1.88. The Hall–Kier alpha value is -2.78. The summed E-state index contributed by atoms with van der Waals surface area (Å²) in [5.41, 5.74) is 0.860. The normalized spacial score (nSPS) is 11.3. The molecule has 0 aromatic heterocycles. The monoisotopic (exact) mass is 408 g/mol. The van der Waals surface area contributed by atoms with E-state index >= 15 is 0 Å². The Labute approximate surface area is 163 Å². The van der Waals surface area contributed by atoms with Crippen molar-refractivity contribution < 1.29 is 27.1 Å². The van der Waals surface area contributed by atoms with Crippen LogP contribution in [0.25, 0.3) is 0 Å². The lowest BCUT2D eigenvalue weighted by atomic mass is 10.1. The van der Waals surface area contributed by atoms with Crippen LogP contribution in [-0.2, 0) is 26.1 Å². The highest BCUT2D eigenvalue weighted by molar-refractivity contribution is 7.89. The molecule has 0 atom stereocenters. The molecule has 1 N–H and O–H groups in total. The van der Waals surface area contributed by atoms with Crippen LogP contribution in [0.5, 0.6) is 0 Å². The molecule has 0 fully saturated rings. The number of rotatable bonds is 7. The molecule has 9 heteroatoms. The zero-order valence-electron chi connectivity index (χ0n) is 15.7. The minimum absolute atomic E-state index is 0.0430. The van der Waals surface area contributed by atoms with Crippen molar-refractivity contribution in [1.29, 1.82) is 0 Å². The van der Waals surface area contributed by atoms with Crippen molar-refractivity contribution in [2.75, 3.05) is 20.7 Å². The second kappa shape index (κ2) is 8.94. The third-order valence-electron chi connectivity index (χ3n) is 3.98. The Bertz CT molecular complexity index is 990. The number of hydrogen-bond donors (Lipinski definition) is 1. The van der Waals surface area contributed by atoms with Crippen LogP contribution in [0.1, 0.15) is 21.5 Å². The van der Waals surface area contributed by atoms with Gasteiger partial charge in [0.25, 0.3) is 5.91 Å². The van der Waals surface area contributed by atoms with E-state index in [1.807, 2.05) is 0 Å². The van der Waals surface area contributed by atoms with Crippen LogP contribution in [0, 0.1) is 12.7 Å². The number of halogens is 1. The third-order valence-corrected chi connectivity index (χ3v) is 5.79. The molecule has 0 unspecified atom stereocenters. The predicted molar refractivity (Wildman–Crippen MR) is 101 cm³/mol. The molecule has 0 saturated heterocycles. The van der Waals surface area contributed by atoms with Crippen molar-refractivity contribution in [1.82, 2.24) is 9.62 Å². The molecule has 0 bridgehead atoms. The fourth-order valence-corrected chi connectivity index (χ4v) is 3.22. The summed E-state index contributed by atoms with van der Waals surface area (Å²) in [6.07, 6.45) is 0. The SMILES string of the molecule is Cc1ccc(S(=O)(=O)N(C)C)cc1C(=O)OCC(=O)NCc1ccccc1F. The van der Waals surface area contributed by atoms with Crippen molar-refractivity contribution in [2.45, 2.75) is 18.4 Å². The Morgan fingerprint density at radius 3 is 2.46 bits per heavy atom. The van der Waals surface area contributed by atoms with E-state index in [0.717, 1.165) is 4.31 Å². The Kier molecular flexibility index (Phi) is 6.87. The molecule has 0 heterocycles. The first-order chi connectivity index (χ1) is 13.1. The number of amides is 1. The lowest BCUT2D eigenvalue weighted by Crippen LogP contribution is -2.29. The van der Waals surface area contributed by atoms with Gasteiger partial charge < -0.3 is 10.1 Å². The molecular formula is C19H21FN2O5S. The van der Waals surface area contributed by atoms with Crippen molar-refractivity contribution in [3.63, 3.8) is 0 Å². The van der Waals surface area contributed by atoms with Gasteiger partial charge in [-0.1, -0.05) is 24.3 Å². The topological polar surface area (TPSA) is 92.8 Å². The van der Waals surface area contributed by atoms with Crippen LogP contribution in [0.2, 0.25) is 0 Å². The van der Waals surface area contributed by atoms with Gasteiger partial charge in [-0.25, -0.2) is 21.9 Å². The fraction of sp³-hybridized carbons (Fsp3) is 0.263. The van der Waals surface area contributed by atoms with Gasteiger partial charge in [-0.15, -0.1) is 0 Å². The first-order valence-electron chi connectivity index (χ1n) is 8.33. The van der Waals surface area contributed by atoms with Gasteiger partial charge in [-0.3, -0.25) is 4.79 Å². The molecule has 2 rings (SSSR count). The van der Waals surface area contributed by atoms with Crippen molar-refractivity contribution in [3.05, 3.63) is 65.0 Å². The van der Waals surface area contributed by atoms with Gasteiger partial charge in [-0.2, -0.15) is 0 Å². The molecule has 2 aromatic carbocycles. The lowest BCUT2D eigenvalue weighted by molar-refractivity contribution is -0.124. The van der Waals surface area contributed by atoms with E-state index in [1.165, 1.54) is 50.5 Å². The fourth-order valence-electron chi connectivity index (χ4n) is 2.29. The third kappa shape index (κ3) is 5.14. The summed E-state index contributed by atoms with van der Waals surface area (Å²) in [7, 11) is -0.949. The van der Waals surface area contributed by atoms with E-state index in [4.69, 9.17) is 4.74 Å². The number of carbonyl (C=O) groups is 2. The number of nitrogens with zero attached hydrogens (tertiary/aromatic N) is 1. The van der Waals surface area contributed by atoms with Crippen LogP contribution in [0.15, 0.2) is 47.4 Å². The van der Waals surface area contributed by atoms with E-state index in [1.54, 1.807) is 13.0 Å². The van der Waals surface area contributed by atoms with Gasteiger partial charge in [-0.05, 0) is 30.7 Å². The molecule has 150 valence electrons. The maximum Gasteiger partial charge on any atom is 0.338 e. The minimum atomic E-state index is -3.71. The highest BCUT2D eigenvalue weighted by Crippen LogP contribution is 2.19. The van der Waals surface area contributed by atoms with Crippen LogP contribution >= 0.6 is 0 Å². The minimum Gasteiger partial charge on any atom is -0.452 e. The van der Waals surface area contributed by atoms with E-state index in [0.29, 0.717) is 11.1 Å². The van der Waals surface area contributed by atoms with Gasteiger partial charge in [0.2, 0.25) is 10.0 Å². The second-order valence-corrected chi connectivity index (χ2v) is 8.36. The van der Waals surface area contributed by atoms with Gasteiger partial charge in [0.05, 0.1) is 10.5 Å². The number of esters is 1. The van der Waals surface area contributed by atoms with Gasteiger partial charge in [0, 0.05) is 26.2 Å². The first-order valence-corrected chi connectivity index (χ1v) is 9.77. The average Bonchev–Trinajstić information content (AvgIpc) is 2.65. The Morgan fingerprint density at radius 1 is 1.14 bits per heavy atom. The molecule has 2 aromatic rings. The molecule has 0 aliphatic rings. The number of sulfonamides is 1. The summed E-state index contributed by atoms with van der Waals surface area (Å²) in [6.45, 7) is 1.01. The molecule has 0 radical (unpaired) electrons. The summed E-state index contributed by atoms with van der Waals surface area (Å²) < 4.78 is 43.9. The lowest BCUT2D eigenvalue weighted by Gasteiger charge is -2.13. The van der Waals surface area contributed by atoms with E-state index < -0.39 is 34.3 Å². The standard InChI is InChI=1S/C19H21FN2O5S/c1-13-8-9-15(28(25,26)22(2)3)10-16(13)19(24)27-12-18(23)21-11-14-6-4-5-7-17(14)20/h4-10H,11-12H2,1-3H3,(H,21,23). The first kappa shape index (κ1) is 21.5. The van der Waals surface area contributed by atoms with E-state index in [9.17, 15) is 22.4 Å². The molecule has 1 amide bonds. The number of nitrogens with one attached hydrogen (secondary N) is 1. The van der Waals surface area contributed by atoms with Crippen molar-refractivity contribution >= 4 is 21.9 Å². The number of aryl methyl sites for hydroxylation is 1. The Morgan fingerprint density at radius 2 is 1.82 bits per heavy atom. The highest BCUT2D eigenvalue weighted by atomic mass is 32.2. The molecule has 0 saturated carbocycles. The van der Waals surface area contributed by atoms with E-state index in [2.05, 4.69) is 5.32 Å². The van der Waals surface area contributed by atoms with Gasteiger partial charge in [0.15, 0.2) is 6.61 Å². The summed E-state index contributed by atoms with van der Waals surface area (Å²) in [4.78, 5) is 24.1. The predicted octanol–water partition coefficient (Wildman–Crippen LogP) is 1.86. The highest BCUT2D eigenvalue weighted by Gasteiger charge is 2.21. The smallest absolute Gasteiger partial charge is 0.338 e. The van der Waals surface area contributed by atoms with Gasteiger partial charge in [0.1, 0.15) is 5.82 Å². The van der Waals surface area contributed by atoms with Crippen LogP contribution in [-0.4, -0.2) is 45.3 Å². The molecule has 28 heavy (non-hydrogen) atoms. The van der Waals surface area contributed by atoms with Gasteiger partial charge >= 0.3 is 5.97 Å².